The number of nitrogens with zero attached hydrogens (tertiary/aromatic N) is 3. The van der Waals surface area contributed by atoms with Crippen LogP contribution >= 0.6 is 11.6 Å². The van der Waals surface area contributed by atoms with Gasteiger partial charge in [0.05, 0.1) is 17.3 Å². The van der Waals surface area contributed by atoms with Crippen molar-refractivity contribution in [3.05, 3.63) is 117 Å². The molecular formula is C24H17ClN4O3. The monoisotopic (exact) mass is 444 g/mol. The summed E-state index contributed by atoms with van der Waals surface area (Å²) in [5.41, 5.74) is 0.261. The first-order chi connectivity index (χ1) is 15.5. The van der Waals surface area contributed by atoms with Gasteiger partial charge in [-0.05, 0) is 23.3 Å². The fraction of sp³-hybridized carbons (Fsp3) is 0.0833. The van der Waals surface area contributed by atoms with Crippen LogP contribution in [0, 0.1) is 0 Å². The van der Waals surface area contributed by atoms with E-state index in [0.717, 1.165) is 4.90 Å². The summed E-state index contributed by atoms with van der Waals surface area (Å²) in [6, 6.07) is 22.2. The second-order valence-corrected chi connectivity index (χ2v) is 7.90. The van der Waals surface area contributed by atoms with Gasteiger partial charge in [0.1, 0.15) is 5.65 Å². The minimum absolute atomic E-state index is 0.138. The van der Waals surface area contributed by atoms with Crippen LogP contribution in [0.25, 0.3) is 5.65 Å². The number of nitrogens with one attached hydrogen (secondary N) is 1. The third-order valence-corrected chi connectivity index (χ3v) is 5.74. The Bertz CT molecular complexity index is 1360. The first-order valence-electron chi connectivity index (χ1n) is 9.92. The van der Waals surface area contributed by atoms with Gasteiger partial charge in [-0.2, -0.15) is 0 Å². The Morgan fingerprint density at radius 2 is 1.50 bits per heavy atom. The lowest BCUT2D eigenvalue weighted by atomic mass is 9.82. The summed E-state index contributed by atoms with van der Waals surface area (Å²) >= 11 is 5.96. The minimum Gasteiger partial charge on any atom is -0.315 e. The Morgan fingerprint density at radius 1 is 0.875 bits per heavy atom. The lowest BCUT2D eigenvalue weighted by Gasteiger charge is -2.28. The molecule has 0 radical (unpaired) electrons. The first-order valence-corrected chi connectivity index (χ1v) is 10.3. The second kappa shape index (κ2) is 7.62. The van der Waals surface area contributed by atoms with Crippen LogP contribution in [-0.2, 0) is 16.9 Å². The zero-order valence-corrected chi connectivity index (χ0v) is 17.5. The lowest BCUT2D eigenvalue weighted by Crippen LogP contribution is -2.45. The Labute approximate surface area is 187 Å². The molecule has 2 aromatic heterocycles. The molecule has 1 aliphatic rings. The molecule has 1 N–H and O–H groups in total. The number of benzene rings is 2. The SMILES string of the molecule is O=C1NC(c2ccccc2)(c2ccccc2)C(=O)N1Cc1cc(=O)n2cc(Cl)ccc2n1. The topological polar surface area (TPSA) is 83.8 Å². The van der Waals surface area contributed by atoms with E-state index in [9.17, 15) is 14.4 Å². The fourth-order valence-corrected chi connectivity index (χ4v) is 4.18. The molecule has 3 amide bonds. The predicted octanol–water partition coefficient (Wildman–Crippen LogP) is 3.34. The minimum atomic E-state index is -1.36. The molecule has 0 spiro atoms. The molecule has 1 saturated heterocycles. The van der Waals surface area contributed by atoms with Crippen molar-refractivity contribution in [2.45, 2.75) is 12.1 Å². The molecular weight excluding hydrogens is 428 g/mol. The lowest BCUT2D eigenvalue weighted by molar-refractivity contribution is -0.130. The van der Waals surface area contributed by atoms with E-state index in [2.05, 4.69) is 10.3 Å². The number of imide groups is 1. The van der Waals surface area contributed by atoms with Crippen LogP contribution in [0.3, 0.4) is 0 Å². The number of carbonyl (C=O) groups is 2. The zero-order valence-electron chi connectivity index (χ0n) is 16.7. The van der Waals surface area contributed by atoms with Crippen LogP contribution in [0.4, 0.5) is 4.79 Å². The number of rotatable bonds is 4. The number of hydrogen-bond acceptors (Lipinski definition) is 4. The van der Waals surface area contributed by atoms with E-state index in [1.54, 1.807) is 36.4 Å². The third kappa shape index (κ3) is 3.14. The van der Waals surface area contributed by atoms with Crippen LogP contribution in [0.5, 0.6) is 0 Å². The molecule has 3 heterocycles. The molecule has 0 aliphatic carbocycles. The highest BCUT2D eigenvalue weighted by Gasteiger charge is 2.53. The highest BCUT2D eigenvalue weighted by molar-refractivity contribution is 6.30. The maximum atomic E-state index is 13.8. The van der Waals surface area contributed by atoms with Crippen LogP contribution in [0.2, 0.25) is 5.02 Å². The van der Waals surface area contributed by atoms with Gasteiger partial charge in [-0.25, -0.2) is 9.78 Å². The van der Waals surface area contributed by atoms with E-state index in [4.69, 9.17) is 11.6 Å². The Hall–Kier alpha value is -3.97. The van der Waals surface area contributed by atoms with E-state index in [1.807, 2.05) is 36.4 Å². The zero-order chi connectivity index (χ0) is 22.3. The van der Waals surface area contributed by atoms with Gasteiger partial charge in [0.15, 0.2) is 5.54 Å². The van der Waals surface area contributed by atoms with Crippen LogP contribution < -0.4 is 10.9 Å². The van der Waals surface area contributed by atoms with Gasteiger partial charge in [0, 0.05) is 12.3 Å². The number of amides is 3. The maximum Gasteiger partial charge on any atom is 0.325 e. The van der Waals surface area contributed by atoms with Crippen LogP contribution in [-0.4, -0.2) is 26.2 Å². The molecule has 158 valence electrons. The fourth-order valence-electron chi connectivity index (χ4n) is 4.02. The first kappa shape index (κ1) is 20.0. The summed E-state index contributed by atoms with van der Waals surface area (Å²) in [7, 11) is 0. The molecule has 0 unspecified atom stereocenters. The third-order valence-electron chi connectivity index (χ3n) is 5.52. The number of pyridine rings is 1. The highest BCUT2D eigenvalue weighted by atomic mass is 35.5. The largest absolute Gasteiger partial charge is 0.325 e. The van der Waals surface area contributed by atoms with Crippen molar-refractivity contribution >= 4 is 29.2 Å². The van der Waals surface area contributed by atoms with Gasteiger partial charge in [0.25, 0.3) is 11.5 Å². The number of carbonyl (C=O) groups excluding carboxylic acids is 2. The summed E-state index contributed by atoms with van der Waals surface area (Å²) < 4.78 is 1.32. The van der Waals surface area contributed by atoms with Gasteiger partial charge in [-0.15, -0.1) is 0 Å². The molecule has 7 nitrogen and oxygen atoms in total. The van der Waals surface area contributed by atoms with Crippen LogP contribution in [0.15, 0.2) is 89.9 Å². The Balaban J connectivity index is 1.58. The number of hydrogen-bond donors (Lipinski definition) is 1. The molecule has 1 aliphatic heterocycles. The van der Waals surface area contributed by atoms with E-state index < -0.39 is 17.5 Å². The van der Waals surface area contributed by atoms with Crippen molar-refractivity contribution in [3.63, 3.8) is 0 Å². The molecule has 0 atom stereocenters. The molecule has 8 heteroatoms. The van der Waals surface area contributed by atoms with Crippen molar-refractivity contribution in [3.8, 4) is 0 Å². The van der Waals surface area contributed by atoms with E-state index in [1.165, 1.54) is 16.7 Å². The van der Waals surface area contributed by atoms with Gasteiger partial charge in [0.2, 0.25) is 0 Å². The maximum absolute atomic E-state index is 13.8. The molecule has 2 aromatic carbocycles. The quantitative estimate of drug-likeness (QED) is 0.489. The standard InChI is InChI=1S/C24H17ClN4O3/c25-18-11-12-20-26-19(13-21(30)28(20)14-18)15-29-22(31)24(27-23(29)32,16-7-3-1-4-8-16)17-9-5-2-6-10-17/h1-14H,15H2,(H,27,32). The number of urea groups is 1. The van der Waals surface area contributed by atoms with Gasteiger partial charge in [-0.3, -0.25) is 18.9 Å². The molecule has 0 bridgehead atoms. The number of fused-ring (bicyclic) bond motifs is 1. The molecule has 32 heavy (non-hydrogen) atoms. The van der Waals surface area contributed by atoms with Crippen molar-refractivity contribution in [2.75, 3.05) is 0 Å². The molecule has 5 rings (SSSR count). The van der Waals surface area contributed by atoms with Gasteiger partial charge < -0.3 is 5.32 Å². The molecule has 4 aromatic rings. The van der Waals surface area contributed by atoms with E-state index >= 15 is 0 Å². The Kier molecular flexibility index (Phi) is 4.75. The van der Waals surface area contributed by atoms with E-state index in [-0.39, 0.29) is 12.1 Å². The summed E-state index contributed by atoms with van der Waals surface area (Å²) in [4.78, 5) is 44.8. The van der Waals surface area contributed by atoms with Gasteiger partial charge in [-0.1, -0.05) is 72.3 Å². The summed E-state index contributed by atoms with van der Waals surface area (Å²) in [5, 5.41) is 3.29. The molecule has 0 saturated carbocycles. The number of halogens is 1. The highest BCUT2D eigenvalue weighted by Crippen LogP contribution is 2.36. The number of aromatic nitrogens is 2. The summed E-state index contributed by atoms with van der Waals surface area (Å²) in [6.07, 6.45) is 1.47. The van der Waals surface area contributed by atoms with E-state index in [0.29, 0.717) is 27.5 Å². The van der Waals surface area contributed by atoms with Crippen molar-refractivity contribution in [2.24, 2.45) is 0 Å². The van der Waals surface area contributed by atoms with Crippen LogP contribution in [0.1, 0.15) is 16.8 Å². The van der Waals surface area contributed by atoms with Crippen molar-refractivity contribution in [1.82, 2.24) is 19.6 Å². The summed E-state index contributed by atoms with van der Waals surface area (Å²) in [6.45, 7) is -0.138. The van der Waals surface area contributed by atoms with Gasteiger partial charge >= 0.3 is 6.03 Å². The average Bonchev–Trinajstić information content (AvgIpc) is 3.06. The Morgan fingerprint density at radius 3 is 2.12 bits per heavy atom. The van der Waals surface area contributed by atoms with Crippen molar-refractivity contribution < 1.29 is 9.59 Å². The normalized spacial score (nSPS) is 15.2. The average molecular weight is 445 g/mol. The summed E-state index contributed by atoms with van der Waals surface area (Å²) in [5.74, 6) is -0.432. The second-order valence-electron chi connectivity index (χ2n) is 7.46. The molecule has 1 fully saturated rings. The van der Waals surface area contributed by atoms with Crippen molar-refractivity contribution in [1.29, 1.82) is 0 Å². The predicted molar refractivity (Wildman–Crippen MR) is 119 cm³/mol. The smallest absolute Gasteiger partial charge is 0.315 e.